The molecule has 3 aromatic rings. The normalized spacial score (nSPS) is 13.5. The predicted octanol–water partition coefficient (Wildman–Crippen LogP) is 5.41. The van der Waals surface area contributed by atoms with Crippen LogP contribution in [0.15, 0.2) is 60.4 Å². The molecule has 0 bridgehead atoms. The van der Waals surface area contributed by atoms with Gasteiger partial charge < -0.3 is 18.9 Å². The molecule has 0 fully saturated rings. The Morgan fingerprint density at radius 1 is 0.939 bits per heavy atom. The summed E-state index contributed by atoms with van der Waals surface area (Å²) >= 11 is 0. The fourth-order valence-electron chi connectivity index (χ4n) is 3.60. The number of esters is 1. The largest absolute Gasteiger partial charge is 0.493 e. The molecule has 0 amide bonds. The first kappa shape index (κ1) is 22.1. The van der Waals surface area contributed by atoms with Gasteiger partial charge in [0.1, 0.15) is 11.5 Å². The van der Waals surface area contributed by atoms with Gasteiger partial charge in [0, 0.05) is 5.56 Å². The van der Waals surface area contributed by atoms with E-state index < -0.39 is 5.97 Å². The number of ether oxygens (including phenoxy) is 4. The predicted molar refractivity (Wildman–Crippen MR) is 124 cm³/mol. The van der Waals surface area contributed by atoms with Crippen LogP contribution in [0.25, 0.3) is 6.08 Å². The van der Waals surface area contributed by atoms with Gasteiger partial charge in [-0.05, 0) is 60.9 Å². The molecular weight excluding hydrogens is 420 g/mol. The third-order valence-electron chi connectivity index (χ3n) is 5.54. The Morgan fingerprint density at radius 3 is 2.30 bits per heavy atom. The van der Waals surface area contributed by atoms with Gasteiger partial charge in [0.05, 0.1) is 25.3 Å². The highest BCUT2D eigenvalue weighted by molar-refractivity contribution is 6.15. The number of hydrogen-bond donors (Lipinski definition) is 0. The van der Waals surface area contributed by atoms with E-state index in [2.05, 4.69) is 6.92 Å². The minimum Gasteiger partial charge on any atom is -0.493 e. The highest BCUT2D eigenvalue weighted by Gasteiger charge is 2.30. The van der Waals surface area contributed by atoms with Crippen molar-refractivity contribution in [2.45, 2.75) is 20.3 Å². The molecule has 4 rings (SSSR count). The van der Waals surface area contributed by atoms with E-state index in [9.17, 15) is 9.59 Å². The zero-order chi connectivity index (χ0) is 23.5. The molecular formula is C27H24O6. The number of ketones is 1. The van der Waals surface area contributed by atoms with Crippen LogP contribution in [0.2, 0.25) is 0 Å². The summed E-state index contributed by atoms with van der Waals surface area (Å²) in [5.74, 6) is 1.12. The average Bonchev–Trinajstić information content (AvgIpc) is 3.16. The number of rotatable bonds is 6. The van der Waals surface area contributed by atoms with E-state index in [0.717, 1.165) is 12.0 Å². The van der Waals surface area contributed by atoms with E-state index in [4.69, 9.17) is 18.9 Å². The van der Waals surface area contributed by atoms with Gasteiger partial charge >= 0.3 is 5.97 Å². The summed E-state index contributed by atoms with van der Waals surface area (Å²) in [4.78, 5) is 25.6. The van der Waals surface area contributed by atoms with Crippen molar-refractivity contribution in [3.63, 3.8) is 0 Å². The van der Waals surface area contributed by atoms with Gasteiger partial charge in [0.15, 0.2) is 17.3 Å². The summed E-state index contributed by atoms with van der Waals surface area (Å²) < 4.78 is 21.9. The maximum absolute atomic E-state index is 12.8. The van der Waals surface area contributed by atoms with Crippen molar-refractivity contribution < 1.29 is 28.5 Å². The Labute approximate surface area is 192 Å². The van der Waals surface area contributed by atoms with Crippen molar-refractivity contribution in [3.05, 3.63) is 88.2 Å². The maximum atomic E-state index is 12.8. The summed E-state index contributed by atoms with van der Waals surface area (Å²) in [6.07, 6.45) is 2.66. The lowest BCUT2D eigenvalue weighted by Crippen LogP contribution is -2.10. The Morgan fingerprint density at radius 2 is 1.64 bits per heavy atom. The number of fused-ring (bicyclic) bond motifs is 1. The second kappa shape index (κ2) is 9.20. The molecule has 0 saturated heterocycles. The smallest absolute Gasteiger partial charge is 0.343 e. The van der Waals surface area contributed by atoms with E-state index in [1.807, 2.05) is 24.3 Å². The number of benzene rings is 3. The monoisotopic (exact) mass is 444 g/mol. The van der Waals surface area contributed by atoms with Gasteiger partial charge in [-0.3, -0.25) is 4.79 Å². The van der Waals surface area contributed by atoms with Crippen LogP contribution in [0.5, 0.6) is 23.0 Å². The number of Topliss-reactive ketones (excluding diaryl/α,β-unsaturated/α-hetero) is 1. The summed E-state index contributed by atoms with van der Waals surface area (Å²) in [7, 11) is 3.02. The molecule has 0 aliphatic carbocycles. The van der Waals surface area contributed by atoms with Crippen LogP contribution in [0.3, 0.4) is 0 Å². The molecule has 0 spiro atoms. The Bertz CT molecular complexity index is 1250. The first-order valence-electron chi connectivity index (χ1n) is 10.6. The van der Waals surface area contributed by atoms with E-state index in [1.54, 1.807) is 43.3 Å². The number of allylic oxidation sites excluding steroid dienone is 1. The highest BCUT2D eigenvalue weighted by Crippen LogP contribution is 2.39. The number of hydrogen-bond acceptors (Lipinski definition) is 6. The first-order valence-corrected chi connectivity index (χ1v) is 10.6. The summed E-state index contributed by atoms with van der Waals surface area (Å²) in [6.45, 7) is 3.84. The maximum Gasteiger partial charge on any atom is 0.343 e. The van der Waals surface area contributed by atoms with Crippen LogP contribution in [0.4, 0.5) is 0 Å². The van der Waals surface area contributed by atoms with Crippen LogP contribution in [0.1, 0.15) is 44.3 Å². The lowest BCUT2D eigenvalue weighted by Gasteiger charge is -2.12. The lowest BCUT2D eigenvalue weighted by molar-refractivity contribution is 0.0732. The van der Waals surface area contributed by atoms with Gasteiger partial charge in [0.2, 0.25) is 5.78 Å². The summed E-state index contributed by atoms with van der Waals surface area (Å²) in [5, 5.41) is 0. The molecule has 0 N–H and O–H groups in total. The first-order chi connectivity index (χ1) is 15.9. The SMILES string of the molecule is CCc1ccc(/C=C2\Oc3c(ccc(OC(=O)c4ccc(OC)c(OC)c4)c3C)C2=O)cc1. The average molecular weight is 444 g/mol. The van der Waals surface area contributed by atoms with Crippen molar-refractivity contribution in [2.24, 2.45) is 0 Å². The number of carbonyl (C=O) groups is 2. The minimum absolute atomic E-state index is 0.203. The molecule has 0 saturated carbocycles. The number of methoxy groups -OCH3 is 2. The third kappa shape index (κ3) is 4.32. The second-order valence-electron chi connectivity index (χ2n) is 7.56. The Kier molecular flexibility index (Phi) is 6.18. The molecule has 168 valence electrons. The quantitative estimate of drug-likeness (QED) is 0.288. The van der Waals surface area contributed by atoms with Gasteiger partial charge in [-0.2, -0.15) is 0 Å². The van der Waals surface area contributed by atoms with Gasteiger partial charge in [-0.1, -0.05) is 31.2 Å². The fourth-order valence-corrected chi connectivity index (χ4v) is 3.60. The summed E-state index contributed by atoms with van der Waals surface area (Å²) in [6, 6.07) is 16.0. The summed E-state index contributed by atoms with van der Waals surface area (Å²) in [5.41, 5.74) is 3.41. The molecule has 0 unspecified atom stereocenters. The van der Waals surface area contributed by atoms with Crippen molar-refractivity contribution in [1.29, 1.82) is 0 Å². The number of carbonyl (C=O) groups excluding carboxylic acids is 2. The lowest BCUT2D eigenvalue weighted by atomic mass is 10.0. The Balaban J connectivity index is 1.57. The zero-order valence-corrected chi connectivity index (χ0v) is 18.9. The van der Waals surface area contributed by atoms with E-state index >= 15 is 0 Å². The van der Waals surface area contributed by atoms with Crippen molar-refractivity contribution in [3.8, 4) is 23.0 Å². The Hall–Kier alpha value is -4.06. The molecule has 6 nitrogen and oxygen atoms in total. The topological polar surface area (TPSA) is 71.1 Å². The molecule has 1 aliphatic heterocycles. The molecule has 3 aromatic carbocycles. The minimum atomic E-state index is -0.560. The van der Waals surface area contributed by atoms with E-state index in [-0.39, 0.29) is 11.5 Å². The van der Waals surface area contributed by atoms with Crippen LogP contribution in [-0.4, -0.2) is 26.0 Å². The standard InChI is InChI=1S/C27H24O6/c1-5-17-6-8-18(9-7-17)14-24-25(28)20-11-13-21(16(2)26(20)32-24)33-27(29)19-10-12-22(30-3)23(15-19)31-4/h6-15H,5H2,1-4H3/b24-14-. The molecule has 6 heteroatoms. The van der Waals surface area contributed by atoms with Crippen LogP contribution >= 0.6 is 0 Å². The van der Waals surface area contributed by atoms with Crippen molar-refractivity contribution >= 4 is 17.8 Å². The van der Waals surface area contributed by atoms with Crippen LogP contribution < -0.4 is 18.9 Å². The van der Waals surface area contributed by atoms with E-state index in [1.165, 1.54) is 19.8 Å². The van der Waals surface area contributed by atoms with Crippen LogP contribution in [-0.2, 0) is 6.42 Å². The van der Waals surface area contributed by atoms with Crippen molar-refractivity contribution in [2.75, 3.05) is 14.2 Å². The van der Waals surface area contributed by atoms with Gasteiger partial charge in [-0.25, -0.2) is 4.79 Å². The molecule has 1 heterocycles. The van der Waals surface area contributed by atoms with Crippen molar-refractivity contribution in [1.82, 2.24) is 0 Å². The third-order valence-corrected chi connectivity index (χ3v) is 5.54. The highest BCUT2D eigenvalue weighted by atomic mass is 16.5. The molecule has 0 atom stereocenters. The molecule has 33 heavy (non-hydrogen) atoms. The molecule has 1 aliphatic rings. The van der Waals surface area contributed by atoms with Gasteiger partial charge in [-0.15, -0.1) is 0 Å². The van der Waals surface area contributed by atoms with Gasteiger partial charge in [0.25, 0.3) is 0 Å². The second-order valence-corrected chi connectivity index (χ2v) is 7.56. The number of aryl methyl sites for hydroxylation is 1. The van der Waals surface area contributed by atoms with Crippen LogP contribution in [0, 0.1) is 6.92 Å². The van der Waals surface area contributed by atoms with E-state index in [0.29, 0.717) is 39.7 Å². The zero-order valence-electron chi connectivity index (χ0n) is 18.9. The molecule has 0 radical (unpaired) electrons. The fraction of sp³-hybridized carbons (Fsp3) is 0.185. The molecule has 0 aromatic heterocycles.